The number of alkyl halides is 1. The third-order valence-corrected chi connectivity index (χ3v) is 8.43. The van der Waals surface area contributed by atoms with Gasteiger partial charge in [0.15, 0.2) is 0 Å². The molecule has 2 aromatic heterocycles. The van der Waals surface area contributed by atoms with Gasteiger partial charge in [-0.2, -0.15) is 0 Å². The predicted molar refractivity (Wildman–Crippen MR) is 155 cm³/mol. The summed E-state index contributed by atoms with van der Waals surface area (Å²) >= 11 is 0. The summed E-state index contributed by atoms with van der Waals surface area (Å²) < 4.78 is 24.0. The Hall–Kier alpha value is -3.91. The zero-order valence-corrected chi connectivity index (χ0v) is 22.9. The van der Waals surface area contributed by atoms with Crippen LogP contribution in [-0.2, 0) is 13.2 Å². The van der Waals surface area contributed by atoms with Crippen LogP contribution in [0.1, 0.15) is 53.1 Å². The van der Waals surface area contributed by atoms with Crippen molar-refractivity contribution in [3.63, 3.8) is 0 Å². The van der Waals surface area contributed by atoms with Crippen molar-refractivity contribution in [2.24, 2.45) is 0 Å². The molecule has 2 N–H and O–H groups in total. The minimum atomic E-state index is -0.965. The number of carboxylic acids is 1. The van der Waals surface area contributed by atoms with Crippen LogP contribution in [0.15, 0.2) is 60.9 Å². The number of pyridine rings is 1. The molecule has 2 unspecified atom stereocenters. The summed E-state index contributed by atoms with van der Waals surface area (Å²) in [6.45, 7) is 1.74. The average Bonchev–Trinajstić information content (AvgIpc) is 3.25. The Morgan fingerprint density at radius 2 is 2.02 bits per heavy atom. The third kappa shape index (κ3) is 4.92. The normalized spacial score (nSPS) is 20.8. The summed E-state index contributed by atoms with van der Waals surface area (Å²) in [5, 5.41) is 14.4. The van der Waals surface area contributed by atoms with Crippen LogP contribution < -0.4 is 10.1 Å². The highest BCUT2D eigenvalue weighted by Crippen LogP contribution is 2.48. The van der Waals surface area contributed by atoms with Crippen LogP contribution in [0.5, 0.6) is 5.75 Å². The molecule has 2 aliphatic rings. The number of anilines is 1. The summed E-state index contributed by atoms with van der Waals surface area (Å²) in [6.07, 6.45) is 5.81. The van der Waals surface area contributed by atoms with E-state index in [1.54, 1.807) is 24.5 Å². The van der Waals surface area contributed by atoms with Gasteiger partial charge in [-0.1, -0.05) is 25.0 Å². The largest absolute Gasteiger partial charge is 0.489 e. The van der Waals surface area contributed by atoms with Gasteiger partial charge in [0.05, 0.1) is 11.3 Å². The Morgan fingerprint density at radius 1 is 1.18 bits per heavy atom. The number of fused-ring (bicyclic) bond motifs is 5. The molecule has 8 heteroatoms. The summed E-state index contributed by atoms with van der Waals surface area (Å²) in [5.41, 5.74) is 5.93. The number of nitrogens with one attached hydrogen (secondary N) is 1. The molecule has 1 aliphatic heterocycles. The van der Waals surface area contributed by atoms with Gasteiger partial charge in [-0.05, 0) is 62.8 Å². The van der Waals surface area contributed by atoms with Crippen molar-refractivity contribution in [2.45, 2.75) is 57.0 Å². The van der Waals surface area contributed by atoms with Crippen molar-refractivity contribution in [1.82, 2.24) is 14.5 Å². The summed E-state index contributed by atoms with van der Waals surface area (Å²) in [6, 6.07) is 15.3. The van der Waals surface area contributed by atoms with Crippen LogP contribution >= 0.6 is 0 Å². The van der Waals surface area contributed by atoms with Crippen molar-refractivity contribution in [2.75, 3.05) is 26.0 Å². The number of carboxylic acid groups (broad SMARTS) is 1. The Morgan fingerprint density at radius 3 is 2.77 bits per heavy atom. The number of aromatic carboxylic acids is 1. The highest BCUT2D eigenvalue weighted by Gasteiger charge is 2.35. The van der Waals surface area contributed by atoms with Gasteiger partial charge in [-0.25, -0.2) is 9.18 Å². The van der Waals surface area contributed by atoms with Crippen LogP contribution in [0.25, 0.3) is 22.2 Å². The molecule has 7 nitrogen and oxygen atoms in total. The second-order valence-corrected chi connectivity index (χ2v) is 11.2. The first-order valence-corrected chi connectivity index (χ1v) is 14.0. The Labute approximate surface area is 233 Å². The predicted octanol–water partition coefficient (Wildman–Crippen LogP) is 6.33. The second kappa shape index (κ2) is 10.9. The maximum Gasteiger partial charge on any atom is 0.335 e. The molecule has 6 rings (SSSR count). The molecule has 1 fully saturated rings. The number of rotatable bonds is 6. The lowest BCUT2D eigenvalue weighted by atomic mass is 9.80. The fourth-order valence-electron chi connectivity index (χ4n) is 6.24. The number of hydrogen-bond acceptors (Lipinski definition) is 5. The van der Waals surface area contributed by atoms with E-state index in [1.807, 2.05) is 30.3 Å². The number of ether oxygens (including phenoxy) is 1. The standard InChI is InChI=1S/C32H35FN4O3/c1-36(2)22-17-35-28-15-23(40-19-20-6-5-13-34-16-20)10-12-25(28)31-30(24-7-3-4-8-27(24)33)26-11-9-21(32(38)39)14-29(26)37(31)18-22/h5-6,9-16,22,24,27,35H,3-4,7-8,17-19H2,1-2H3,(H,38,39)/t22?,24?,27-/m0/s1. The van der Waals surface area contributed by atoms with E-state index >= 15 is 4.39 Å². The lowest BCUT2D eigenvalue weighted by Gasteiger charge is -2.32. The smallest absolute Gasteiger partial charge is 0.335 e. The van der Waals surface area contributed by atoms with Crippen molar-refractivity contribution >= 4 is 22.6 Å². The first kappa shape index (κ1) is 26.3. The van der Waals surface area contributed by atoms with E-state index in [-0.39, 0.29) is 17.5 Å². The third-order valence-electron chi connectivity index (χ3n) is 8.43. The highest BCUT2D eigenvalue weighted by atomic mass is 19.1. The topological polar surface area (TPSA) is 79.6 Å². The molecule has 208 valence electrons. The van der Waals surface area contributed by atoms with E-state index in [0.29, 0.717) is 26.1 Å². The van der Waals surface area contributed by atoms with E-state index in [2.05, 4.69) is 39.9 Å². The average molecular weight is 543 g/mol. The minimum absolute atomic E-state index is 0.122. The van der Waals surface area contributed by atoms with E-state index < -0.39 is 12.1 Å². The molecule has 3 heterocycles. The molecule has 1 aliphatic carbocycles. The summed E-state index contributed by atoms with van der Waals surface area (Å²) in [4.78, 5) is 18.3. The van der Waals surface area contributed by atoms with Crippen LogP contribution in [0, 0.1) is 0 Å². The number of hydrogen-bond donors (Lipinski definition) is 2. The van der Waals surface area contributed by atoms with E-state index in [1.165, 1.54) is 0 Å². The van der Waals surface area contributed by atoms with Crippen molar-refractivity contribution in [3.8, 4) is 17.0 Å². The number of likely N-dealkylation sites (N-methyl/N-ethyl adjacent to an activating group) is 1. The van der Waals surface area contributed by atoms with E-state index in [4.69, 9.17) is 4.74 Å². The lowest BCUT2D eigenvalue weighted by molar-refractivity contribution is 0.0697. The van der Waals surface area contributed by atoms with Crippen LogP contribution in [0.3, 0.4) is 0 Å². The quantitative estimate of drug-likeness (QED) is 0.296. The molecule has 40 heavy (non-hydrogen) atoms. The Balaban J connectivity index is 1.54. The Kier molecular flexibility index (Phi) is 7.19. The fourth-order valence-corrected chi connectivity index (χ4v) is 6.24. The SMILES string of the molecule is CN(C)C1CNc2cc(OCc3cccnc3)ccc2-c2c(C3CCCC[C@@H]3F)c3ccc(C(=O)O)cc3n2C1. The van der Waals surface area contributed by atoms with Gasteiger partial charge in [0.2, 0.25) is 0 Å². The zero-order valence-electron chi connectivity index (χ0n) is 22.9. The lowest BCUT2D eigenvalue weighted by Crippen LogP contribution is -2.39. The molecule has 0 bridgehead atoms. The monoisotopic (exact) mass is 542 g/mol. The number of carbonyl (C=O) groups is 1. The molecule has 0 radical (unpaired) electrons. The molecular formula is C32H35FN4O3. The molecular weight excluding hydrogens is 507 g/mol. The number of nitrogens with zero attached hydrogens (tertiary/aromatic N) is 3. The van der Waals surface area contributed by atoms with Crippen molar-refractivity contribution in [1.29, 1.82) is 0 Å². The molecule has 0 spiro atoms. The number of aromatic nitrogens is 2. The minimum Gasteiger partial charge on any atom is -0.489 e. The van der Waals surface area contributed by atoms with Crippen molar-refractivity contribution < 1.29 is 19.0 Å². The maximum atomic E-state index is 15.7. The number of halogens is 1. The van der Waals surface area contributed by atoms with E-state index in [0.717, 1.165) is 64.0 Å². The van der Waals surface area contributed by atoms with Gasteiger partial charge in [-0.15, -0.1) is 0 Å². The van der Waals surface area contributed by atoms with Gasteiger partial charge in [0, 0.05) is 71.2 Å². The van der Waals surface area contributed by atoms with Gasteiger partial charge >= 0.3 is 5.97 Å². The molecule has 1 saturated carbocycles. The summed E-state index contributed by atoms with van der Waals surface area (Å²) in [5.74, 6) is -0.474. The van der Waals surface area contributed by atoms with Crippen molar-refractivity contribution in [3.05, 3.63) is 77.6 Å². The highest BCUT2D eigenvalue weighted by molar-refractivity contribution is 5.99. The summed E-state index contributed by atoms with van der Waals surface area (Å²) in [7, 11) is 4.10. The van der Waals surface area contributed by atoms with Crippen LogP contribution in [0.4, 0.5) is 10.1 Å². The van der Waals surface area contributed by atoms with Crippen LogP contribution in [-0.4, -0.2) is 58.4 Å². The first-order chi connectivity index (χ1) is 19.4. The molecule has 3 atom stereocenters. The van der Waals surface area contributed by atoms with E-state index in [9.17, 15) is 9.90 Å². The molecule has 0 saturated heterocycles. The molecule has 4 aromatic rings. The number of benzene rings is 2. The maximum absolute atomic E-state index is 15.7. The van der Waals surface area contributed by atoms with Gasteiger partial charge < -0.3 is 24.6 Å². The molecule has 2 aromatic carbocycles. The van der Waals surface area contributed by atoms with Crippen LogP contribution in [0.2, 0.25) is 0 Å². The zero-order chi connectivity index (χ0) is 27.8. The first-order valence-electron chi connectivity index (χ1n) is 14.0. The van der Waals surface area contributed by atoms with Gasteiger partial charge in [-0.3, -0.25) is 4.98 Å². The van der Waals surface area contributed by atoms with Gasteiger partial charge in [0.1, 0.15) is 18.5 Å². The van der Waals surface area contributed by atoms with Gasteiger partial charge in [0.25, 0.3) is 0 Å². The molecule has 0 amide bonds. The fraction of sp³-hybridized carbons (Fsp3) is 0.375. The Bertz CT molecular complexity index is 1530. The second-order valence-electron chi connectivity index (χ2n) is 11.2.